The molecule has 3 aromatic rings. The van der Waals surface area contributed by atoms with Gasteiger partial charge >= 0.3 is 0 Å². The SMILES string of the molecule is O=C(Nc1ccccc1Nc1ccccc1)c1ccc(F)cc1Br. The van der Waals surface area contributed by atoms with E-state index < -0.39 is 5.82 Å². The van der Waals surface area contributed by atoms with Crippen LogP contribution in [0.4, 0.5) is 21.5 Å². The van der Waals surface area contributed by atoms with E-state index in [4.69, 9.17) is 0 Å². The molecular formula is C19H14BrFN2O. The quantitative estimate of drug-likeness (QED) is 0.615. The third kappa shape index (κ3) is 3.81. The van der Waals surface area contributed by atoms with Gasteiger partial charge in [-0.15, -0.1) is 0 Å². The van der Waals surface area contributed by atoms with Gasteiger partial charge in [-0.05, 0) is 58.4 Å². The summed E-state index contributed by atoms with van der Waals surface area (Å²) in [4.78, 5) is 12.5. The van der Waals surface area contributed by atoms with Crippen molar-refractivity contribution >= 4 is 38.9 Å². The Morgan fingerprint density at radius 2 is 1.54 bits per heavy atom. The molecule has 0 radical (unpaired) electrons. The number of anilines is 3. The summed E-state index contributed by atoms with van der Waals surface area (Å²) in [7, 11) is 0. The maximum Gasteiger partial charge on any atom is 0.256 e. The number of nitrogens with one attached hydrogen (secondary N) is 2. The highest BCUT2D eigenvalue weighted by molar-refractivity contribution is 9.10. The van der Waals surface area contributed by atoms with Gasteiger partial charge in [-0.2, -0.15) is 0 Å². The van der Waals surface area contributed by atoms with E-state index in [0.29, 0.717) is 15.7 Å². The summed E-state index contributed by atoms with van der Waals surface area (Å²) in [6.07, 6.45) is 0. The molecule has 0 saturated heterocycles. The molecule has 0 aromatic heterocycles. The molecule has 0 bridgehead atoms. The molecule has 0 heterocycles. The molecule has 0 spiro atoms. The zero-order chi connectivity index (χ0) is 16.9. The van der Waals surface area contributed by atoms with Gasteiger partial charge in [0.25, 0.3) is 5.91 Å². The number of halogens is 2. The predicted molar refractivity (Wildman–Crippen MR) is 98.2 cm³/mol. The van der Waals surface area contributed by atoms with Crippen molar-refractivity contribution in [2.45, 2.75) is 0 Å². The number of hydrogen-bond acceptors (Lipinski definition) is 2. The van der Waals surface area contributed by atoms with Gasteiger partial charge in [0, 0.05) is 10.2 Å². The second kappa shape index (κ2) is 7.27. The molecule has 3 rings (SSSR count). The van der Waals surface area contributed by atoms with E-state index in [1.807, 2.05) is 48.5 Å². The van der Waals surface area contributed by atoms with Crippen LogP contribution in [0.2, 0.25) is 0 Å². The molecule has 0 unspecified atom stereocenters. The minimum Gasteiger partial charge on any atom is -0.354 e. The zero-order valence-electron chi connectivity index (χ0n) is 12.6. The van der Waals surface area contributed by atoms with Crippen LogP contribution < -0.4 is 10.6 Å². The Bertz CT molecular complexity index is 868. The molecular weight excluding hydrogens is 371 g/mol. The number of amides is 1. The molecule has 5 heteroatoms. The molecule has 0 fully saturated rings. The lowest BCUT2D eigenvalue weighted by atomic mass is 10.2. The third-order valence-electron chi connectivity index (χ3n) is 3.40. The van der Waals surface area contributed by atoms with Gasteiger partial charge in [0.2, 0.25) is 0 Å². The number of para-hydroxylation sites is 3. The van der Waals surface area contributed by atoms with E-state index in [-0.39, 0.29) is 5.91 Å². The Balaban J connectivity index is 1.84. The Morgan fingerprint density at radius 3 is 2.25 bits per heavy atom. The smallest absolute Gasteiger partial charge is 0.256 e. The molecule has 2 N–H and O–H groups in total. The van der Waals surface area contributed by atoms with E-state index in [1.54, 1.807) is 6.07 Å². The molecule has 0 aliphatic rings. The summed E-state index contributed by atoms with van der Waals surface area (Å²) in [6, 6.07) is 21.1. The van der Waals surface area contributed by atoms with Crippen molar-refractivity contribution in [3.8, 4) is 0 Å². The van der Waals surface area contributed by atoms with Crippen LogP contribution >= 0.6 is 15.9 Å². The summed E-state index contributed by atoms with van der Waals surface area (Å²) in [5.74, 6) is -0.714. The fourth-order valence-electron chi connectivity index (χ4n) is 2.24. The number of hydrogen-bond donors (Lipinski definition) is 2. The van der Waals surface area contributed by atoms with Crippen LogP contribution in [0.25, 0.3) is 0 Å². The molecule has 0 atom stereocenters. The van der Waals surface area contributed by atoms with Crippen molar-refractivity contribution in [1.82, 2.24) is 0 Å². The van der Waals surface area contributed by atoms with Gasteiger partial charge in [-0.25, -0.2) is 4.39 Å². The van der Waals surface area contributed by atoms with Gasteiger partial charge in [0.15, 0.2) is 0 Å². The first kappa shape index (κ1) is 16.2. The Labute approximate surface area is 147 Å². The lowest BCUT2D eigenvalue weighted by Gasteiger charge is -2.13. The van der Waals surface area contributed by atoms with Crippen molar-refractivity contribution in [2.24, 2.45) is 0 Å². The van der Waals surface area contributed by atoms with E-state index >= 15 is 0 Å². The summed E-state index contributed by atoms with van der Waals surface area (Å²) < 4.78 is 13.6. The Kier molecular flexibility index (Phi) is 4.91. The van der Waals surface area contributed by atoms with Crippen molar-refractivity contribution in [3.05, 3.63) is 88.6 Å². The zero-order valence-corrected chi connectivity index (χ0v) is 14.2. The molecule has 3 nitrogen and oxygen atoms in total. The minimum absolute atomic E-state index is 0.316. The highest BCUT2D eigenvalue weighted by Crippen LogP contribution is 2.26. The van der Waals surface area contributed by atoms with Crippen LogP contribution in [0.3, 0.4) is 0 Å². The summed E-state index contributed by atoms with van der Waals surface area (Å²) in [5, 5.41) is 6.12. The highest BCUT2D eigenvalue weighted by atomic mass is 79.9. The summed E-state index contributed by atoms with van der Waals surface area (Å²) in [6.45, 7) is 0. The normalized spacial score (nSPS) is 10.2. The topological polar surface area (TPSA) is 41.1 Å². The van der Waals surface area contributed by atoms with Gasteiger partial charge < -0.3 is 10.6 Å². The minimum atomic E-state index is -0.399. The second-order valence-corrected chi connectivity index (χ2v) is 5.97. The van der Waals surface area contributed by atoms with E-state index in [2.05, 4.69) is 26.6 Å². The van der Waals surface area contributed by atoms with Gasteiger partial charge in [0.05, 0.1) is 16.9 Å². The maximum absolute atomic E-state index is 13.2. The highest BCUT2D eigenvalue weighted by Gasteiger charge is 2.13. The Hall–Kier alpha value is -2.66. The van der Waals surface area contributed by atoms with Crippen LogP contribution in [0.1, 0.15) is 10.4 Å². The predicted octanol–water partition coefficient (Wildman–Crippen LogP) is 5.58. The largest absolute Gasteiger partial charge is 0.354 e. The van der Waals surface area contributed by atoms with E-state index in [0.717, 1.165) is 11.4 Å². The van der Waals surface area contributed by atoms with E-state index in [9.17, 15) is 9.18 Å². The number of carbonyl (C=O) groups excluding carboxylic acids is 1. The molecule has 0 aliphatic heterocycles. The fourth-order valence-corrected chi connectivity index (χ4v) is 2.77. The lowest BCUT2D eigenvalue weighted by molar-refractivity contribution is 0.102. The van der Waals surface area contributed by atoms with Crippen LogP contribution in [0.5, 0.6) is 0 Å². The van der Waals surface area contributed by atoms with Crippen LogP contribution in [0, 0.1) is 5.82 Å². The van der Waals surface area contributed by atoms with Crippen molar-refractivity contribution in [3.63, 3.8) is 0 Å². The third-order valence-corrected chi connectivity index (χ3v) is 4.06. The molecule has 3 aromatic carbocycles. The standard InChI is InChI=1S/C19H14BrFN2O/c20-16-12-13(21)10-11-15(16)19(24)23-18-9-5-4-8-17(18)22-14-6-2-1-3-7-14/h1-12,22H,(H,23,24). The van der Waals surface area contributed by atoms with Crippen LogP contribution in [0.15, 0.2) is 77.3 Å². The maximum atomic E-state index is 13.2. The van der Waals surface area contributed by atoms with Gasteiger partial charge in [-0.3, -0.25) is 4.79 Å². The fraction of sp³-hybridized carbons (Fsp3) is 0. The van der Waals surface area contributed by atoms with Gasteiger partial charge in [0.1, 0.15) is 5.82 Å². The number of benzene rings is 3. The average Bonchev–Trinajstić information content (AvgIpc) is 2.57. The van der Waals surface area contributed by atoms with E-state index in [1.165, 1.54) is 18.2 Å². The first-order chi connectivity index (χ1) is 11.6. The molecule has 24 heavy (non-hydrogen) atoms. The lowest BCUT2D eigenvalue weighted by Crippen LogP contribution is -2.13. The van der Waals surface area contributed by atoms with Crippen LogP contribution in [-0.2, 0) is 0 Å². The summed E-state index contributed by atoms with van der Waals surface area (Å²) in [5.41, 5.74) is 2.70. The molecule has 0 saturated carbocycles. The Morgan fingerprint density at radius 1 is 0.875 bits per heavy atom. The van der Waals surface area contributed by atoms with Crippen molar-refractivity contribution in [2.75, 3.05) is 10.6 Å². The van der Waals surface area contributed by atoms with Crippen molar-refractivity contribution < 1.29 is 9.18 Å². The molecule has 0 aliphatic carbocycles. The average molecular weight is 385 g/mol. The van der Waals surface area contributed by atoms with Crippen molar-refractivity contribution in [1.29, 1.82) is 0 Å². The first-order valence-corrected chi connectivity index (χ1v) is 8.10. The number of carbonyl (C=O) groups is 1. The second-order valence-electron chi connectivity index (χ2n) is 5.11. The molecule has 120 valence electrons. The summed E-state index contributed by atoms with van der Waals surface area (Å²) >= 11 is 3.22. The van der Waals surface area contributed by atoms with Gasteiger partial charge in [-0.1, -0.05) is 30.3 Å². The monoisotopic (exact) mass is 384 g/mol. The van der Waals surface area contributed by atoms with Crippen LogP contribution in [-0.4, -0.2) is 5.91 Å². The number of rotatable bonds is 4. The first-order valence-electron chi connectivity index (χ1n) is 7.31. The molecule has 1 amide bonds.